The van der Waals surface area contributed by atoms with Gasteiger partial charge in [-0.2, -0.15) is 0 Å². The lowest BCUT2D eigenvalue weighted by molar-refractivity contribution is 0.186. The number of aromatic nitrogens is 1. The Morgan fingerprint density at radius 3 is 2.68 bits per heavy atom. The summed E-state index contributed by atoms with van der Waals surface area (Å²) >= 11 is 0. The van der Waals surface area contributed by atoms with Gasteiger partial charge in [0.2, 0.25) is 0 Å². The van der Waals surface area contributed by atoms with E-state index in [0.717, 1.165) is 68.2 Å². The van der Waals surface area contributed by atoms with Crippen LogP contribution in [0.15, 0.2) is 47.0 Å². The zero-order valence-corrected chi connectivity index (χ0v) is 17.7. The second kappa shape index (κ2) is 8.24. The fourth-order valence-corrected chi connectivity index (χ4v) is 4.59. The molecule has 2 aliphatic rings. The van der Waals surface area contributed by atoms with Gasteiger partial charge in [-0.3, -0.25) is 0 Å². The highest BCUT2D eigenvalue weighted by Gasteiger charge is 2.22. The van der Waals surface area contributed by atoms with Crippen LogP contribution in [-0.4, -0.2) is 54.3 Å². The molecule has 31 heavy (non-hydrogen) atoms. The zero-order chi connectivity index (χ0) is 21.4. The average molecular weight is 421 g/mol. The topological polar surface area (TPSA) is 85.0 Å². The molecule has 0 spiro atoms. The summed E-state index contributed by atoms with van der Waals surface area (Å²) in [6, 6.07) is 13.8. The molecule has 1 unspecified atom stereocenters. The normalized spacial score (nSPS) is 17.5. The number of anilines is 2. The first-order valence-corrected chi connectivity index (χ1v) is 10.9. The molecule has 1 aromatic heterocycles. The molecule has 162 valence electrons. The third-order valence-corrected chi connectivity index (χ3v) is 6.24. The fourth-order valence-electron chi connectivity index (χ4n) is 4.59. The van der Waals surface area contributed by atoms with E-state index in [1.54, 1.807) is 6.92 Å². The zero-order valence-electron chi connectivity index (χ0n) is 17.7. The summed E-state index contributed by atoms with van der Waals surface area (Å²) in [5.41, 5.74) is 4.60. The highest BCUT2D eigenvalue weighted by molar-refractivity contribution is 5.82. The smallest absolute Gasteiger partial charge is 0.172 e. The van der Waals surface area contributed by atoms with E-state index in [0.29, 0.717) is 11.3 Å². The molecule has 1 fully saturated rings. The van der Waals surface area contributed by atoms with Crippen LogP contribution in [0.25, 0.3) is 22.5 Å². The van der Waals surface area contributed by atoms with Crippen LogP contribution in [0.4, 0.5) is 11.5 Å². The molecule has 7 nitrogen and oxygen atoms in total. The van der Waals surface area contributed by atoms with E-state index in [2.05, 4.69) is 21.4 Å². The van der Waals surface area contributed by atoms with Crippen molar-refractivity contribution in [2.24, 2.45) is 0 Å². The number of hydrogen-bond acceptors (Lipinski definition) is 7. The number of phenolic OH excluding ortho intramolecular Hbond substituents is 1. The van der Waals surface area contributed by atoms with E-state index in [-0.39, 0.29) is 5.75 Å². The Morgan fingerprint density at radius 1 is 1.06 bits per heavy atom. The maximum absolute atomic E-state index is 11.1. The van der Waals surface area contributed by atoms with Gasteiger partial charge in [0.25, 0.3) is 0 Å². The van der Waals surface area contributed by atoms with Gasteiger partial charge >= 0.3 is 0 Å². The summed E-state index contributed by atoms with van der Waals surface area (Å²) in [6.45, 7) is 6.27. The van der Waals surface area contributed by atoms with Crippen LogP contribution in [-0.2, 0) is 6.42 Å². The Kier molecular flexibility index (Phi) is 5.29. The number of para-hydroxylation sites is 1. The fraction of sp³-hybridized carbons (Fsp3) is 0.375. The standard InChI is InChI=1S/C24H28N4O3/c1-16(29)28-11-3-4-18-14-17(7-8-21(18)28)19-5-2-6-20(24(19)30)22-15-23(26-31-22)27-12-9-25-10-13-27/h2,5-8,14-16,25,29-30H,3-4,9-13H2,1H3. The van der Waals surface area contributed by atoms with Crippen LogP contribution >= 0.6 is 0 Å². The number of piperazine rings is 1. The van der Waals surface area contributed by atoms with Gasteiger partial charge in [0.15, 0.2) is 11.6 Å². The molecule has 0 bridgehead atoms. The van der Waals surface area contributed by atoms with E-state index in [1.165, 1.54) is 5.56 Å². The second-order valence-electron chi connectivity index (χ2n) is 8.26. The van der Waals surface area contributed by atoms with Crippen molar-refractivity contribution in [3.05, 3.63) is 48.0 Å². The number of hydrogen-bond donors (Lipinski definition) is 3. The van der Waals surface area contributed by atoms with E-state index in [9.17, 15) is 10.2 Å². The maximum atomic E-state index is 11.1. The van der Waals surface area contributed by atoms with Gasteiger partial charge < -0.3 is 29.9 Å². The molecule has 0 amide bonds. The van der Waals surface area contributed by atoms with Crippen LogP contribution in [0, 0.1) is 0 Å². The number of benzene rings is 2. The van der Waals surface area contributed by atoms with Gasteiger partial charge in [-0.15, -0.1) is 0 Å². The van der Waals surface area contributed by atoms with Crippen molar-refractivity contribution in [2.75, 3.05) is 42.5 Å². The number of rotatable bonds is 4. The van der Waals surface area contributed by atoms with Gasteiger partial charge in [-0.1, -0.05) is 23.4 Å². The third kappa shape index (κ3) is 3.75. The minimum absolute atomic E-state index is 0.189. The summed E-state index contributed by atoms with van der Waals surface area (Å²) in [7, 11) is 0. The lowest BCUT2D eigenvalue weighted by Gasteiger charge is -2.33. The molecule has 1 atom stereocenters. The highest BCUT2D eigenvalue weighted by atomic mass is 16.5. The Balaban J connectivity index is 1.47. The Labute approximate surface area is 181 Å². The summed E-state index contributed by atoms with van der Waals surface area (Å²) in [5, 5.41) is 28.7. The van der Waals surface area contributed by atoms with E-state index in [1.807, 2.05) is 41.3 Å². The van der Waals surface area contributed by atoms with Gasteiger partial charge in [-0.25, -0.2) is 0 Å². The number of aliphatic hydroxyl groups is 1. The molecule has 1 saturated heterocycles. The van der Waals surface area contributed by atoms with Gasteiger partial charge in [-0.05, 0) is 49.1 Å². The molecule has 5 rings (SSSR count). The monoisotopic (exact) mass is 420 g/mol. The van der Waals surface area contributed by atoms with Crippen molar-refractivity contribution < 1.29 is 14.7 Å². The molecule has 0 aliphatic carbocycles. The number of aromatic hydroxyl groups is 1. The van der Waals surface area contributed by atoms with Crippen LogP contribution < -0.4 is 15.1 Å². The molecule has 0 saturated carbocycles. The lowest BCUT2D eigenvalue weighted by Crippen LogP contribution is -2.43. The largest absolute Gasteiger partial charge is 0.507 e. The molecule has 2 aliphatic heterocycles. The van der Waals surface area contributed by atoms with Crippen LogP contribution in [0.2, 0.25) is 0 Å². The first-order valence-electron chi connectivity index (χ1n) is 10.9. The third-order valence-electron chi connectivity index (χ3n) is 6.24. The SMILES string of the molecule is CC(O)N1CCCc2cc(-c3cccc(-c4cc(N5CCNCC5)no4)c3O)ccc21. The summed E-state index contributed by atoms with van der Waals surface area (Å²) in [4.78, 5) is 4.20. The summed E-state index contributed by atoms with van der Waals surface area (Å²) in [5.74, 6) is 1.55. The average Bonchev–Trinajstić information content (AvgIpc) is 3.29. The van der Waals surface area contributed by atoms with Gasteiger partial charge in [0, 0.05) is 50.0 Å². The number of phenols is 1. The van der Waals surface area contributed by atoms with E-state index >= 15 is 0 Å². The van der Waals surface area contributed by atoms with Crippen molar-refractivity contribution in [2.45, 2.75) is 26.0 Å². The van der Waals surface area contributed by atoms with Crippen molar-refractivity contribution in [3.8, 4) is 28.2 Å². The highest BCUT2D eigenvalue weighted by Crippen LogP contribution is 2.41. The molecule has 7 heteroatoms. The molecule has 3 aromatic rings. The predicted octanol–water partition coefficient (Wildman–Crippen LogP) is 3.21. The first kappa shape index (κ1) is 19.9. The van der Waals surface area contributed by atoms with Crippen LogP contribution in [0.1, 0.15) is 18.9 Å². The Hall–Kier alpha value is -3.03. The lowest BCUT2D eigenvalue weighted by atomic mass is 9.94. The van der Waals surface area contributed by atoms with Gasteiger partial charge in [0.05, 0.1) is 5.56 Å². The molecular formula is C24H28N4O3. The van der Waals surface area contributed by atoms with Gasteiger partial charge in [0.1, 0.15) is 12.0 Å². The Morgan fingerprint density at radius 2 is 1.87 bits per heavy atom. The van der Waals surface area contributed by atoms with Crippen LogP contribution in [0.5, 0.6) is 5.75 Å². The number of aliphatic hydroxyl groups excluding tert-OH is 1. The number of nitrogens with one attached hydrogen (secondary N) is 1. The molecule has 2 aromatic carbocycles. The van der Waals surface area contributed by atoms with E-state index in [4.69, 9.17) is 4.52 Å². The van der Waals surface area contributed by atoms with Crippen molar-refractivity contribution >= 4 is 11.5 Å². The summed E-state index contributed by atoms with van der Waals surface area (Å²) in [6.07, 6.45) is 1.45. The second-order valence-corrected chi connectivity index (χ2v) is 8.26. The molecule has 3 heterocycles. The minimum Gasteiger partial charge on any atom is -0.507 e. The maximum Gasteiger partial charge on any atom is 0.172 e. The Bertz CT molecular complexity index is 1070. The van der Waals surface area contributed by atoms with Crippen molar-refractivity contribution in [1.82, 2.24) is 10.5 Å². The molecular weight excluding hydrogens is 392 g/mol. The minimum atomic E-state index is -0.516. The van der Waals surface area contributed by atoms with Crippen LogP contribution in [0.3, 0.4) is 0 Å². The van der Waals surface area contributed by atoms with Crippen molar-refractivity contribution in [1.29, 1.82) is 0 Å². The predicted molar refractivity (Wildman–Crippen MR) is 121 cm³/mol. The number of nitrogens with zero attached hydrogens (tertiary/aromatic N) is 3. The first-order chi connectivity index (χ1) is 15.1. The number of fused-ring (bicyclic) bond motifs is 1. The molecule has 3 N–H and O–H groups in total. The number of aryl methyl sites for hydroxylation is 1. The molecule has 0 radical (unpaired) electrons. The van der Waals surface area contributed by atoms with E-state index < -0.39 is 6.23 Å². The quantitative estimate of drug-likeness (QED) is 0.598. The van der Waals surface area contributed by atoms with Crippen molar-refractivity contribution in [3.63, 3.8) is 0 Å². The summed E-state index contributed by atoms with van der Waals surface area (Å²) < 4.78 is 5.60.